The van der Waals surface area contributed by atoms with E-state index in [1.165, 1.54) is 0 Å². The van der Waals surface area contributed by atoms with Crippen molar-refractivity contribution in [2.24, 2.45) is 11.8 Å². The lowest BCUT2D eigenvalue weighted by Crippen LogP contribution is -2.31. The van der Waals surface area contributed by atoms with Gasteiger partial charge in [-0.1, -0.05) is 13.8 Å². The normalized spacial score (nSPS) is 21.3. The Bertz CT molecular complexity index is 775. The summed E-state index contributed by atoms with van der Waals surface area (Å²) in [5.74, 6) is 2.24. The number of nitro groups is 1. The summed E-state index contributed by atoms with van der Waals surface area (Å²) in [6, 6.07) is 0. The highest BCUT2D eigenvalue weighted by atomic mass is 16.6. The van der Waals surface area contributed by atoms with Gasteiger partial charge < -0.3 is 19.6 Å². The zero-order valence-electron chi connectivity index (χ0n) is 20.6. The fourth-order valence-electron chi connectivity index (χ4n) is 5.28. The molecule has 0 bridgehead atoms. The predicted molar refractivity (Wildman–Crippen MR) is 130 cm³/mol. The third kappa shape index (κ3) is 6.07. The van der Waals surface area contributed by atoms with Crippen LogP contribution in [-0.4, -0.2) is 91.1 Å². The number of hydrogen-bond donors (Lipinski definition) is 0. The van der Waals surface area contributed by atoms with E-state index in [4.69, 9.17) is 4.98 Å². The van der Waals surface area contributed by atoms with Gasteiger partial charge in [0.05, 0.1) is 4.92 Å². The van der Waals surface area contributed by atoms with Crippen molar-refractivity contribution in [3.05, 3.63) is 15.8 Å². The van der Waals surface area contributed by atoms with Crippen LogP contribution in [-0.2, 0) is 0 Å². The van der Waals surface area contributed by atoms with Crippen molar-refractivity contribution >= 4 is 17.5 Å². The number of hydrogen-bond acceptors (Lipinski definition) is 8. The molecule has 0 spiro atoms. The van der Waals surface area contributed by atoms with Crippen LogP contribution < -0.4 is 9.80 Å². The molecular formula is C23H41N7O2. The minimum atomic E-state index is -0.308. The lowest BCUT2D eigenvalue weighted by molar-refractivity contribution is -0.385. The van der Waals surface area contributed by atoms with Crippen LogP contribution in [0, 0.1) is 28.9 Å². The molecule has 180 valence electrons. The Morgan fingerprint density at radius 3 is 2.03 bits per heavy atom. The summed E-state index contributed by atoms with van der Waals surface area (Å²) >= 11 is 0. The molecule has 3 rings (SSSR count). The average Bonchev–Trinajstić information content (AvgIpc) is 3.37. The number of aryl methyl sites for hydroxylation is 1. The van der Waals surface area contributed by atoms with Crippen LogP contribution in [0.3, 0.4) is 0 Å². The quantitative estimate of drug-likeness (QED) is 0.378. The van der Waals surface area contributed by atoms with Crippen LogP contribution in [0.4, 0.5) is 17.5 Å². The van der Waals surface area contributed by atoms with Gasteiger partial charge in [-0.3, -0.25) is 10.1 Å². The molecule has 3 heterocycles. The van der Waals surface area contributed by atoms with Crippen molar-refractivity contribution in [1.82, 2.24) is 19.8 Å². The number of nitrogens with zero attached hydrogens (tertiary/aromatic N) is 7. The van der Waals surface area contributed by atoms with Gasteiger partial charge in [-0.25, -0.2) is 4.98 Å². The highest BCUT2D eigenvalue weighted by molar-refractivity contribution is 5.63. The second-order valence-electron chi connectivity index (χ2n) is 9.76. The van der Waals surface area contributed by atoms with E-state index in [0.29, 0.717) is 29.3 Å². The monoisotopic (exact) mass is 447 g/mol. The molecule has 2 fully saturated rings. The summed E-state index contributed by atoms with van der Waals surface area (Å²) < 4.78 is 0. The molecule has 2 saturated heterocycles. The fourth-order valence-corrected chi connectivity index (χ4v) is 5.28. The summed E-state index contributed by atoms with van der Waals surface area (Å²) in [4.78, 5) is 30.0. The van der Waals surface area contributed by atoms with Crippen molar-refractivity contribution in [2.75, 3.05) is 76.3 Å². The van der Waals surface area contributed by atoms with E-state index in [1.54, 1.807) is 6.92 Å². The van der Waals surface area contributed by atoms with Crippen molar-refractivity contribution in [3.63, 3.8) is 0 Å². The second kappa shape index (κ2) is 11.2. The highest BCUT2D eigenvalue weighted by Gasteiger charge is 2.34. The number of rotatable bonds is 11. The molecule has 0 aromatic carbocycles. The third-order valence-corrected chi connectivity index (χ3v) is 6.72. The maximum atomic E-state index is 11.9. The first kappa shape index (κ1) is 24.6. The first-order valence-corrected chi connectivity index (χ1v) is 12.2. The predicted octanol–water partition coefficient (Wildman–Crippen LogP) is 3.03. The van der Waals surface area contributed by atoms with E-state index in [0.717, 1.165) is 78.0 Å². The van der Waals surface area contributed by atoms with E-state index in [2.05, 4.69) is 52.5 Å². The van der Waals surface area contributed by atoms with Crippen LogP contribution in [0.25, 0.3) is 0 Å². The van der Waals surface area contributed by atoms with E-state index >= 15 is 0 Å². The molecular weight excluding hydrogens is 406 g/mol. The maximum Gasteiger partial charge on any atom is 0.332 e. The lowest BCUT2D eigenvalue weighted by Gasteiger charge is -2.24. The molecule has 9 nitrogen and oxygen atoms in total. The van der Waals surface area contributed by atoms with Gasteiger partial charge in [-0.15, -0.1) is 0 Å². The van der Waals surface area contributed by atoms with Crippen molar-refractivity contribution < 1.29 is 4.92 Å². The van der Waals surface area contributed by atoms with Gasteiger partial charge in [0, 0.05) is 39.3 Å². The summed E-state index contributed by atoms with van der Waals surface area (Å²) in [7, 11) is 4.34. The minimum Gasteiger partial charge on any atom is -0.350 e. The Hall–Kier alpha value is -2.00. The molecule has 1 aromatic rings. The second-order valence-corrected chi connectivity index (χ2v) is 9.76. The fraction of sp³-hybridized carbons (Fsp3) is 0.826. The average molecular weight is 448 g/mol. The Balaban J connectivity index is 1.75. The minimum absolute atomic E-state index is 0.0646. The zero-order valence-corrected chi connectivity index (χ0v) is 20.6. The lowest BCUT2D eigenvalue weighted by atomic mass is 10.1. The molecule has 0 N–H and O–H groups in total. The van der Waals surface area contributed by atoms with Gasteiger partial charge >= 0.3 is 5.69 Å². The summed E-state index contributed by atoms with van der Waals surface area (Å²) in [6.45, 7) is 13.9. The van der Waals surface area contributed by atoms with Gasteiger partial charge in [-0.2, -0.15) is 4.98 Å². The van der Waals surface area contributed by atoms with E-state index in [-0.39, 0.29) is 10.6 Å². The van der Waals surface area contributed by atoms with Crippen molar-refractivity contribution in [3.8, 4) is 0 Å². The zero-order chi connectivity index (χ0) is 23.3. The third-order valence-electron chi connectivity index (χ3n) is 6.72. The molecule has 0 unspecified atom stereocenters. The first-order valence-electron chi connectivity index (χ1n) is 12.2. The van der Waals surface area contributed by atoms with Crippen LogP contribution >= 0.6 is 0 Å². The summed E-state index contributed by atoms with van der Waals surface area (Å²) in [5, 5.41) is 11.9. The molecule has 2 atom stereocenters. The molecule has 0 saturated carbocycles. The molecule has 2 aliphatic rings. The Kier molecular flexibility index (Phi) is 8.64. The van der Waals surface area contributed by atoms with Crippen LogP contribution in [0.5, 0.6) is 0 Å². The van der Waals surface area contributed by atoms with Crippen molar-refractivity contribution in [1.29, 1.82) is 0 Å². The molecule has 1 aromatic heterocycles. The molecule has 0 radical (unpaired) electrons. The molecule has 0 amide bonds. The standard InChI is InChI=1S/C23H41N7O2/c1-6-10-26(4)14-19-8-12-28(16-19)22-21(30(31)32)18(3)24-23(25-22)29-13-9-20(17-29)15-27(5)11-7-2/h19-20H,6-17H2,1-5H3/t19-,20-/m0/s1. The van der Waals surface area contributed by atoms with Crippen LogP contribution in [0.15, 0.2) is 0 Å². The smallest absolute Gasteiger partial charge is 0.332 e. The Morgan fingerprint density at radius 2 is 1.50 bits per heavy atom. The maximum absolute atomic E-state index is 11.9. The molecule has 32 heavy (non-hydrogen) atoms. The molecule has 2 aliphatic heterocycles. The van der Waals surface area contributed by atoms with E-state index in [1.807, 2.05) is 0 Å². The highest BCUT2D eigenvalue weighted by Crippen LogP contribution is 2.35. The summed E-state index contributed by atoms with van der Waals surface area (Å²) in [5.41, 5.74) is 0.530. The Morgan fingerprint density at radius 1 is 0.969 bits per heavy atom. The Labute approximate surface area is 192 Å². The van der Waals surface area contributed by atoms with Gasteiger partial charge in [0.25, 0.3) is 0 Å². The van der Waals surface area contributed by atoms with Gasteiger partial charge in [-0.05, 0) is 71.6 Å². The number of anilines is 2. The van der Waals surface area contributed by atoms with Crippen LogP contribution in [0.1, 0.15) is 45.2 Å². The number of aromatic nitrogens is 2. The van der Waals surface area contributed by atoms with Crippen molar-refractivity contribution in [2.45, 2.75) is 46.5 Å². The van der Waals surface area contributed by atoms with E-state index < -0.39 is 0 Å². The first-order chi connectivity index (χ1) is 15.3. The molecule has 9 heteroatoms. The SMILES string of the molecule is CCCN(C)C[C@@H]1CCN(c2nc(C)c([N+](=O)[O-])c(N3CC[C@@H](CN(C)CCC)C3)n2)C1. The van der Waals surface area contributed by atoms with Gasteiger partial charge in [0.15, 0.2) is 0 Å². The molecule has 0 aliphatic carbocycles. The topological polar surface area (TPSA) is 81.9 Å². The van der Waals surface area contributed by atoms with Crippen LogP contribution in [0.2, 0.25) is 0 Å². The largest absolute Gasteiger partial charge is 0.350 e. The van der Waals surface area contributed by atoms with Gasteiger partial charge in [0.2, 0.25) is 11.8 Å². The van der Waals surface area contributed by atoms with Gasteiger partial charge in [0.1, 0.15) is 5.69 Å². The summed E-state index contributed by atoms with van der Waals surface area (Å²) in [6.07, 6.45) is 4.45. The van der Waals surface area contributed by atoms with E-state index in [9.17, 15) is 10.1 Å².